The van der Waals surface area contributed by atoms with Crippen molar-refractivity contribution in [1.82, 2.24) is 14.9 Å². The van der Waals surface area contributed by atoms with Gasteiger partial charge in [-0.15, -0.1) is 0 Å². The second-order valence-electron chi connectivity index (χ2n) is 6.06. The molecule has 0 saturated carbocycles. The molecule has 1 saturated heterocycles. The van der Waals surface area contributed by atoms with E-state index < -0.39 is 0 Å². The molecular formula is C18H19FN4O2. The highest BCUT2D eigenvalue weighted by Gasteiger charge is 2.30. The number of hydrogen-bond acceptors (Lipinski definition) is 4. The summed E-state index contributed by atoms with van der Waals surface area (Å²) in [6.07, 6.45) is 3.22. The number of benzene rings is 1. The Bertz CT molecular complexity index is 807. The Kier molecular flexibility index (Phi) is 4.74. The third kappa shape index (κ3) is 3.65. The molecule has 0 aliphatic carbocycles. The maximum atomic E-state index is 12.9. The highest BCUT2D eigenvalue weighted by molar-refractivity contribution is 6.04. The molecule has 6 nitrogen and oxygen atoms in total. The van der Waals surface area contributed by atoms with Crippen molar-refractivity contribution in [3.8, 4) is 0 Å². The van der Waals surface area contributed by atoms with Crippen LogP contribution in [0.15, 0.2) is 30.5 Å². The van der Waals surface area contributed by atoms with Gasteiger partial charge in [0, 0.05) is 25.4 Å². The monoisotopic (exact) mass is 342 g/mol. The van der Waals surface area contributed by atoms with Gasteiger partial charge in [0.15, 0.2) is 5.82 Å². The van der Waals surface area contributed by atoms with Crippen molar-refractivity contribution in [2.24, 2.45) is 0 Å². The maximum absolute atomic E-state index is 12.9. The van der Waals surface area contributed by atoms with Crippen LogP contribution in [0.3, 0.4) is 0 Å². The number of carbonyl (C=O) groups is 2. The lowest BCUT2D eigenvalue weighted by Crippen LogP contribution is -2.29. The summed E-state index contributed by atoms with van der Waals surface area (Å²) in [5.74, 6) is -0.163. The van der Waals surface area contributed by atoms with Gasteiger partial charge in [-0.3, -0.25) is 9.59 Å². The lowest BCUT2D eigenvalue weighted by molar-refractivity contribution is -0.129. The Balaban J connectivity index is 1.78. The standard InChI is InChI=1S/C18H19FN4O2/c1-11-15(18(25)22-14-7-5-13(19)6-8-14)10-20-17(21-11)16-4-3-9-23(16)12(2)24/h5-8,10,16H,3-4,9H2,1-2H3,(H,22,25)/t16-/m1/s1. The summed E-state index contributed by atoms with van der Waals surface area (Å²) in [5, 5.41) is 2.69. The topological polar surface area (TPSA) is 75.2 Å². The van der Waals surface area contributed by atoms with Gasteiger partial charge in [0.1, 0.15) is 5.82 Å². The van der Waals surface area contributed by atoms with Gasteiger partial charge in [-0.2, -0.15) is 0 Å². The molecule has 3 rings (SSSR count). The Morgan fingerprint density at radius 2 is 2.00 bits per heavy atom. The van der Waals surface area contributed by atoms with Crippen molar-refractivity contribution in [1.29, 1.82) is 0 Å². The summed E-state index contributed by atoms with van der Waals surface area (Å²) in [6, 6.07) is 5.39. The summed E-state index contributed by atoms with van der Waals surface area (Å²) in [4.78, 5) is 34.6. The molecule has 0 unspecified atom stereocenters. The van der Waals surface area contributed by atoms with Crippen LogP contribution in [0.1, 0.15) is 47.7 Å². The predicted molar refractivity (Wildman–Crippen MR) is 90.5 cm³/mol. The molecule has 1 aromatic heterocycles. The minimum Gasteiger partial charge on any atom is -0.333 e. The number of rotatable bonds is 3. The van der Waals surface area contributed by atoms with Crippen LogP contribution in [0.4, 0.5) is 10.1 Å². The highest BCUT2D eigenvalue weighted by atomic mass is 19.1. The summed E-state index contributed by atoms with van der Waals surface area (Å²) in [5.41, 5.74) is 1.38. The summed E-state index contributed by atoms with van der Waals surface area (Å²) < 4.78 is 12.9. The molecule has 1 aromatic carbocycles. The molecule has 25 heavy (non-hydrogen) atoms. The first-order valence-corrected chi connectivity index (χ1v) is 8.13. The van der Waals surface area contributed by atoms with Crippen LogP contribution in [-0.2, 0) is 4.79 Å². The van der Waals surface area contributed by atoms with Gasteiger partial charge in [0.25, 0.3) is 5.91 Å². The smallest absolute Gasteiger partial charge is 0.259 e. The average Bonchev–Trinajstić information content (AvgIpc) is 3.06. The Morgan fingerprint density at radius 3 is 2.64 bits per heavy atom. The van der Waals surface area contributed by atoms with Crippen molar-refractivity contribution in [3.05, 3.63) is 53.4 Å². The molecule has 1 fully saturated rings. The van der Waals surface area contributed by atoms with Crippen LogP contribution in [0.5, 0.6) is 0 Å². The zero-order valence-electron chi connectivity index (χ0n) is 14.1. The van der Waals surface area contributed by atoms with Crippen LogP contribution < -0.4 is 5.32 Å². The third-order valence-electron chi connectivity index (χ3n) is 4.30. The zero-order chi connectivity index (χ0) is 18.0. The quantitative estimate of drug-likeness (QED) is 0.931. The van der Waals surface area contributed by atoms with E-state index >= 15 is 0 Å². The van der Waals surface area contributed by atoms with Crippen molar-refractivity contribution in [2.75, 3.05) is 11.9 Å². The maximum Gasteiger partial charge on any atom is 0.259 e. The number of anilines is 1. The Morgan fingerprint density at radius 1 is 1.28 bits per heavy atom. The van der Waals surface area contributed by atoms with Crippen LogP contribution in [-0.4, -0.2) is 33.2 Å². The molecule has 2 amide bonds. The predicted octanol–water partition coefficient (Wildman–Crippen LogP) is 2.86. The van der Waals surface area contributed by atoms with E-state index in [0.717, 1.165) is 12.8 Å². The van der Waals surface area contributed by atoms with Crippen molar-refractivity contribution >= 4 is 17.5 Å². The summed E-state index contributed by atoms with van der Waals surface area (Å²) >= 11 is 0. The van der Waals surface area contributed by atoms with Gasteiger partial charge < -0.3 is 10.2 Å². The van der Waals surface area contributed by atoms with E-state index in [4.69, 9.17) is 0 Å². The first kappa shape index (κ1) is 17.0. The molecule has 0 spiro atoms. The third-order valence-corrected chi connectivity index (χ3v) is 4.30. The largest absolute Gasteiger partial charge is 0.333 e. The second kappa shape index (κ2) is 6.96. The van der Waals surface area contributed by atoms with E-state index in [1.54, 1.807) is 11.8 Å². The second-order valence-corrected chi connectivity index (χ2v) is 6.06. The fraction of sp³-hybridized carbons (Fsp3) is 0.333. The van der Waals surface area contributed by atoms with E-state index in [0.29, 0.717) is 29.3 Å². The lowest BCUT2D eigenvalue weighted by Gasteiger charge is -2.22. The number of nitrogens with one attached hydrogen (secondary N) is 1. The van der Waals surface area contributed by atoms with E-state index in [9.17, 15) is 14.0 Å². The Labute approximate surface area is 145 Å². The number of nitrogens with zero attached hydrogens (tertiary/aromatic N) is 3. The number of carbonyl (C=O) groups excluding carboxylic acids is 2. The molecular weight excluding hydrogens is 323 g/mol. The van der Waals surface area contributed by atoms with E-state index in [-0.39, 0.29) is 23.7 Å². The molecule has 0 radical (unpaired) electrons. The molecule has 1 aliphatic rings. The molecule has 7 heteroatoms. The zero-order valence-corrected chi connectivity index (χ0v) is 14.1. The minimum atomic E-state index is -0.367. The SMILES string of the molecule is CC(=O)N1CCC[C@@H]1c1ncc(C(=O)Nc2ccc(F)cc2)c(C)n1. The number of hydrogen-bond donors (Lipinski definition) is 1. The van der Waals surface area contributed by atoms with Gasteiger partial charge in [0.05, 0.1) is 17.3 Å². The normalized spacial score (nSPS) is 16.8. The number of aromatic nitrogens is 2. The van der Waals surface area contributed by atoms with Crippen LogP contribution in [0.25, 0.3) is 0 Å². The van der Waals surface area contributed by atoms with Gasteiger partial charge in [-0.25, -0.2) is 14.4 Å². The summed E-state index contributed by atoms with van der Waals surface area (Å²) in [6.45, 7) is 3.97. The lowest BCUT2D eigenvalue weighted by atomic mass is 10.1. The molecule has 1 N–H and O–H groups in total. The number of halogens is 1. The molecule has 0 bridgehead atoms. The first-order chi connectivity index (χ1) is 12.0. The van der Waals surface area contributed by atoms with Gasteiger partial charge >= 0.3 is 0 Å². The van der Waals surface area contributed by atoms with Gasteiger partial charge in [-0.05, 0) is 44.0 Å². The van der Waals surface area contributed by atoms with Crippen LogP contribution in [0.2, 0.25) is 0 Å². The molecule has 1 atom stereocenters. The van der Waals surface area contributed by atoms with E-state index in [2.05, 4.69) is 15.3 Å². The van der Waals surface area contributed by atoms with E-state index in [1.807, 2.05) is 0 Å². The Hall–Kier alpha value is -2.83. The van der Waals surface area contributed by atoms with Gasteiger partial charge in [0.2, 0.25) is 5.91 Å². The molecule has 1 aliphatic heterocycles. The van der Waals surface area contributed by atoms with Crippen molar-refractivity contribution in [3.63, 3.8) is 0 Å². The fourth-order valence-electron chi connectivity index (χ4n) is 3.01. The number of aryl methyl sites for hydroxylation is 1. The first-order valence-electron chi connectivity index (χ1n) is 8.13. The van der Waals surface area contributed by atoms with Crippen LogP contribution in [0, 0.1) is 12.7 Å². The highest BCUT2D eigenvalue weighted by Crippen LogP contribution is 2.30. The number of amides is 2. The van der Waals surface area contributed by atoms with Gasteiger partial charge in [-0.1, -0.05) is 0 Å². The van der Waals surface area contributed by atoms with E-state index in [1.165, 1.54) is 37.4 Å². The van der Waals surface area contributed by atoms with Crippen molar-refractivity contribution in [2.45, 2.75) is 32.7 Å². The molecule has 2 aromatic rings. The summed E-state index contributed by atoms with van der Waals surface area (Å²) in [7, 11) is 0. The average molecular weight is 342 g/mol. The minimum absolute atomic E-state index is 0.00174. The fourth-order valence-corrected chi connectivity index (χ4v) is 3.01. The number of likely N-dealkylation sites (tertiary alicyclic amines) is 1. The molecule has 2 heterocycles. The van der Waals surface area contributed by atoms with Crippen molar-refractivity contribution < 1.29 is 14.0 Å². The van der Waals surface area contributed by atoms with Crippen LogP contribution >= 0.6 is 0 Å². The molecule has 130 valence electrons.